The van der Waals surface area contributed by atoms with E-state index in [1.165, 1.54) is 0 Å². The molecular weight excluding hydrogens is 302 g/mol. The zero-order chi connectivity index (χ0) is 14.0. The first-order valence-electron chi connectivity index (χ1n) is 6.61. The average molecular weight is 322 g/mol. The van der Waals surface area contributed by atoms with Gasteiger partial charge in [-0.05, 0) is 39.0 Å². The summed E-state index contributed by atoms with van der Waals surface area (Å²) in [7, 11) is 0. The zero-order valence-corrected chi connectivity index (χ0v) is 13.4. The highest BCUT2D eigenvalue weighted by atomic mass is 79.9. The minimum atomic E-state index is 0.224. The zero-order valence-electron chi connectivity index (χ0n) is 11.8. The summed E-state index contributed by atoms with van der Waals surface area (Å²) in [6, 6.07) is 8.14. The van der Waals surface area contributed by atoms with Gasteiger partial charge in [-0.15, -0.1) is 0 Å². The molecule has 0 amide bonds. The molecule has 0 aliphatic carbocycles. The summed E-state index contributed by atoms with van der Waals surface area (Å²) in [5.41, 5.74) is 2.03. The molecule has 0 unspecified atom stereocenters. The van der Waals surface area contributed by atoms with Crippen LogP contribution in [-0.2, 0) is 0 Å². The second-order valence-electron chi connectivity index (χ2n) is 5.92. The third-order valence-corrected chi connectivity index (χ3v) is 4.14. The summed E-state index contributed by atoms with van der Waals surface area (Å²) in [4.78, 5) is 4.80. The van der Waals surface area contributed by atoms with Crippen LogP contribution in [0.25, 0.3) is 0 Å². The molecule has 102 valence electrons. The monoisotopic (exact) mass is 321 g/mol. The van der Waals surface area contributed by atoms with E-state index in [-0.39, 0.29) is 5.54 Å². The molecule has 4 heteroatoms. The summed E-state index contributed by atoms with van der Waals surface area (Å²) in [6.07, 6.45) is 0. The second kappa shape index (κ2) is 5.52. The molecule has 1 aliphatic rings. The molecule has 19 heavy (non-hydrogen) atoms. The Morgan fingerprint density at radius 3 is 2.32 bits per heavy atom. The van der Waals surface area contributed by atoms with Crippen LogP contribution in [0.1, 0.15) is 26.3 Å². The van der Waals surface area contributed by atoms with Crippen molar-refractivity contribution in [2.75, 3.05) is 31.1 Å². The van der Waals surface area contributed by atoms with E-state index < -0.39 is 0 Å². The molecule has 3 nitrogen and oxygen atoms in total. The number of benzene rings is 1. The molecule has 0 spiro atoms. The summed E-state index contributed by atoms with van der Waals surface area (Å²) in [5.74, 6) is 0. The molecule has 0 N–H and O–H groups in total. The van der Waals surface area contributed by atoms with Crippen molar-refractivity contribution < 1.29 is 0 Å². The van der Waals surface area contributed by atoms with Crippen molar-refractivity contribution in [2.45, 2.75) is 26.3 Å². The van der Waals surface area contributed by atoms with E-state index in [9.17, 15) is 5.26 Å². The van der Waals surface area contributed by atoms with Gasteiger partial charge in [0.2, 0.25) is 0 Å². The van der Waals surface area contributed by atoms with E-state index in [0.717, 1.165) is 41.9 Å². The second-order valence-corrected chi connectivity index (χ2v) is 6.83. The van der Waals surface area contributed by atoms with E-state index in [1.807, 2.05) is 18.2 Å². The summed E-state index contributed by atoms with van der Waals surface area (Å²) in [5, 5.41) is 9.22. The Kier molecular flexibility index (Phi) is 4.17. The number of hydrogen-bond donors (Lipinski definition) is 0. The third kappa shape index (κ3) is 3.29. The van der Waals surface area contributed by atoms with Crippen LogP contribution in [0.4, 0.5) is 5.69 Å². The van der Waals surface area contributed by atoms with Crippen molar-refractivity contribution in [1.82, 2.24) is 4.90 Å². The maximum atomic E-state index is 9.22. The maximum Gasteiger partial charge on any atom is 0.101 e. The average Bonchev–Trinajstić information content (AvgIpc) is 2.38. The fourth-order valence-electron chi connectivity index (χ4n) is 2.48. The molecule has 0 radical (unpaired) electrons. The number of hydrogen-bond acceptors (Lipinski definition) is 3. The van der Waals surface area contributed by atoms with Gasteiger partial charge in [-0.25, -0.2) is 0 Å². The molecule has 2 rings (SSSR count). The lowest BCUT2D eigenvalue weighted by Crippen LogP contribution is -2.53. The molecule has 1 aromatic rings. The van der Waals surface area contributed by atoms with Gasteiger partial charge < -0.3 is 4.90 Å². The number of halogens is 1. The largest absolute Gasteiger partial charge is 0.368 e. The van der Waals surface area contributed by atoms with Gasteiger partial charge in [0.05, 0.1) is 11.3 Å². The van der Waals surface area contributed by atoms with Crippen molar-refractivity contribution in [3.63, 3.8) is 0 Å². The standard InChI is InChI=1S/C15H20BrN3/c1-15(2,3)19-8-6-18(7-9-19)14-10-13(16)5-4-12(14)11-17/h4-5,10H,6-9H2,1-3H3. The van der Waals surface area contributed by atoms with E-state index in [0.29, 0.717) is 0 Å². The lowest BCUT2D eigenvalue weighted by atomic mass is 10.0. The number of anilines is 1. The maximum absolute atomic E-state index is 9.22. The minimum Gasteiger partial charge on any atom is -0.368 e. The first-order chi connectivity index (χ1) is 8.91. The van der Waals surface area contributed by atoms with Crippen LogP contribution in [0, 0.1) is 11.3 Å². The molecule has 0 aromatic heterocycles. The smallest absolute Gasteiger partial charge is 0.101 e. The van der Waals surface area contributed by atoms with Crippen LogP contribution in [0.2, 0.25) is 0 Å². The fraction of sp³-hybridized carbons (Fsp3) is 0.533. The molecule has 1 aliphatic heterocycles. The number of rotatable bonds is 1. The van der Waals surface area contributed by atoms with Crippen molar-refractivity contribution in [1.29, 1.82) is 5.26 Å². The molecule has 0 bridgehead atoms. The predicted octanol–water partition coefficient (Wildman–Crippen LogP) is 3.24. The Balaban J connectivity index is 2.14. The molecule has 1 saturated heterocycles. The Morgan fingerprint density at radius 1 is 1.16 bits per heavy atom. The molecule has 0 atom stereocenters. The Bertz CT molecular complexity index is 491. The van der Waals surface area contributed by atoms with E-state index in [4.69, 9.17) is 0 Å². The van der Waals surface area contributed by atoms with Crippen LogP contribution in [-0.4, -0.2) is 36.6 Å². The Hall–Kier alpha value is -1.05. The SMILES string of the molecule is CC(C)(C)N1CCN(c2cc(Br)ccc2C#N)CC1. The first-order valence-corrected chi connectivity index (χ1v) is 7.41. The van der Waals surface area contributed by atoms with Gasteiger partial charge in [0.25, 0.3) is 0 Å². The van der Waals surface area contributed by atoms with Crippen LogP contribution < -0.4 is 4.90 Å². The predicted molar refractivity (Wildman–Crippen MR) is 82.4 cm³/mol. The van der Waals surface area contributed by atoms with Gasteiger partial charge in [-0.2, -0.15) is 5.26 Å². The van der Waals surface area contributed by atoms with Crippen LogP contribution >= 0.6 is 15.9 Å². The summed E-state index contributed by atoms with van der Waals surface area (Å²) >= 11 is 3.49. The van der Waals surface area contributed by atoms with Gasteiger partial charge in [0.15, 0.2) is 0 Å². The van der Waals surface area contributed by atoms with Gasteiger partial charge in [0.1, 0.15) is 6.07 Å². The quantitative estimate of drug-likeness (QED) is 0.795. The molecule has 1 fully saturated rings. The first kappa shape index (κ1) is 14.4. The summed E-state index contributed by atoms with van der Waals surface area (Å²) in [6.45, 7) is 10.8. The Morgan fingerprint density at radius 2 is 1.79 bits per heavy atom. The normalized spacial score (nSPS) is 17.3. The highest BCUT2D eigenvalue weighted by Crippen LogP contribution is 2.27. The molecule has 1 heterocycles. The fourth-order valence-corrected chi connectivity index (χ4v) is 2.83. The Labute approximate surface area is 123 Å². The van der Waals surface area contributed by atoms with Gasteiger partial charge in [-0.1, -0.05) is 15.9 Å². The van der Waals surface area contributed by atoms with Gasteiger partial charge in [-0.3, -0.25) is 4.90 Å². The molecule has 1 aromatic carbocycles. The number of piperazine rings is 1. The topological polar surface area (TPSA) is 30.3 Å². The highest BCUT2D eigenvalue weighted by Gasteiger charge is 2.26. The van der Waals surface area contributed by atoms with Crippen molar-refractivity contribution >= 4 is 21.6 Å². The summed E-state index contributed by atoms with van der Waals surface area (Å²) < 4.78 is 1.03. The van der Waals surface area contributed by atoms with Crippen LogP contribution in [0.15, 0.2) is 22.7 Å². The van der Waals surface area contributed by atoms with Crippen molar-refractivity contribution in [2.24, 2.45) is 0 Å². The number of nitrogens with zero attached hydrogens (tertiary/aromatic N) is 3. The van der Waals surface area contributed by atoms with Crippen molar-refractivity contribution in [3.05, 3.63) is 28.2 Å². The van der Waals surface area contributed by atoms with Gasteiger partial charge >= 0.3 is 0 Å². The highest BCUT2D eigenvalue weighted by molar-refractivity contribution is 9.10. The number of nitriles is 1. The van der Waals surface area contributed by atoms with Crippen LogP contribution in [0.5, 0.6) is 0 Å². The van der Waals surface area contributed by atoms with E-state index in [1.54, 1.807) is 0 Å². The van der Waals surface area contributed by atoms with Gasteiger partial charge in [0, 0.05) is 36.2 Å². The van der Waals surface area contributed by atoms with Crippen LogP contribution in [0.3, 0.4) is 0 Å². The van der Waals surface area contributed by atoms with Crippen molar-refractivity contribution in [3.8, 4) is 6.07 Å². The minimum absolute atomic E-state index is 0.224. The molecule has 0 saturated carbocycles. The molecular formula is C15H20BrN3. The third-order valence-electron chi connectivity index (χ3n) is 3.65. The lowest BCUT2D eigenvalue weighted by Gasteiger charge is -2.43. The van der Waals surface area contributed by atoms with E-state index >= 15 is 0 Å². The van der Waals surface area contributed by atoms with E-state index in [2.05, 4.69) is 52.6 Å². The lowest BCUT2D eigenvalue weighted by molar-refractivity contribution is 0.128.